The van der Waals surface area contributed by atoms with Crippen molar-refractivity contribution < 1.29 is 0 Å². The monoisotopic (exact) mass is 239 g/mol. The summed E-state index contributed by atoms with van der Waals surface area (Å²) in [6.45, 7) is 10.8. The highest BCUT2D eigenvalue weighted by Crippen LogP contribution is 2.37. The molecule has 0 aliphatic heterocycles. The van der Waals surface area contributed by atoms with Crippen molar-refractivity contribution in [1.82, 2.24) is 10.6 Å². The van der Waals surface area contributed by atoms with Crippen LogP contribution in [0.1, 0.15) is 59.8 Å². The van der Waals surface area contributed by atoms with Crippen LogP contribution >= 0.6 is 0 Å². The summed E-state index contributed by atoms with van der Waals surface area (Å²) < 4.78 is 0. The lowest BCUT2D eigenvalue weighted by Crippen LogP contribution is -2.42. The fourth-order valence-corrected chi connectivity index (χ4v) is 2.31. The third kappa shape index (κ3) is 4.97. The third-order valence-electron chi connectivity index (χ3n) is 3.77. The third-order valence-corrected chi connectivity index (χ3v) is 3.77. The van der Waals surface area contributed by atoms with E-state index in [1.807, 2.05) is 0 Å². The summed E-state index contributed by atoms with van der Waals surface area (Å²) >= 11 is 0. The number of rotatable bonds is 5. The summed E-state index contributed by atoms with van der Waals surface area (Å²) in [7, 11) is 0. The van der Waals surface area contributed by atoms with Gasteiger partial charge in [0.25, 0.3) is 0 Å². The van der Waals surface area contributed by atoms with Gasteiger partial charge in [0.1, 0.15) is 0 Å². The highest BCUT2D eigenvalue weighted by atomic mass is 15.2. The topological polar surface area (TPSA) is 36.4 Å². The highest BCUT2D eigenvalue weighted by molar-refractivity contribution is 5.80. The standard InChI is InChI=1S/C14H29N3/c1-5-12(3)17-13(15-6-2)16-11-14(4)9-7-8-10-14/h12H,5-11H2,1-4H3,(H2,15,16,17). The molecule has 3 nitrogen and oxygen atoms in total. The van der Waals surface area contributed by atoms with Crippen LogP contribution < -0.4 is 10.6 Å². The molecule has 0 amide bonds. The first-order chi connectivity index (χ1) is 8.09. The van der Waals surface area contributed by atoms with Crippen molar-refractivity contribution in [2.45, 2.75) is 65.8 Å². The Labute approximate surface area is 106 Å². The van der Waals surface area contributed by atoms with Crippen LogP contribution in [0.4, 0.5) is 0 Å². The summed E-state index contributed by atoms with van der Waals surface area (Å²) in [5.41, 5.74) is 0.442. The van der Waals surface area contributed by atoms with Gasteiger partial charge in [-0.05, 0) is 38.5 Å². The van der Waals surface area contributed by atoms with Crippen molar-refractivity contribution >= 4 is 5.96 Å². The van der Waals surface area contributed by atoms with Gasteiger partial charge in [0.15, 0.2) is 5.96 Å². The average molecular weight is 239 g/mol. The van der Waals surface area contributed by atoms with Gasteiger partial charge in [-0.3, -0.25) is 4.99 Å². The molecule has 1 aliphatic rings. The molecule has 1 atom stereocenters. The van der Waals surface area contributed by atoms with Gasteiger partial charge in [0, 0.05) is 19.1 Å². The minimum atomic E-state index is 0.442. The van der Waals surface area contributed by atoms with Crippen LogP contribution in [-0.4, -0.2) is 25.1 Å². The molecule has 0 saturated heterocycles. The molecule has 1 unspecified atom stereocenters. The van der Waals surface area contributed by atoms with Crippen LogP contribution in [0.2, 0.25) is 0 Å². The molecule has 1 rings (SSSR count). The number of nitrogens with zero attached hydrogens (tertiary/aromatic N) is 1. The molecule has 0 aromatic carbocycles. The van der Waals surface area contributed by atoms with Gasteiger partial charge in [-0.25, -0.2) is 0 Å². The Morgan fingerprint density at radius 2 is 1.94 bits per heavy atom. The van der Waals surface area contributed by atoms with E-state index in [1.165, 1.54) is 25.7 Å². The Morgan fingerprint density at radius 1 is 1.29 bits per heavy atom. The minimum absolute atomic E-state index is 0.442. The van der Waals surface area contributed by atoms with Crippen molar-refractivity contribution in [2.75, 3.05) is 13.1 Å². The lowest BCUT2D eigenvalue weighted by Gasteiger charge is -2.22. The predicted octanol–water partition coefficient (Wildman–Crippen LogP) is 2.92. The van der Waals surface area contributed by atoms with Gasteiger partial charge in [0.05, 0.1) is 0 Å². The fraction of sp³-hybridized carbons (Fsp3) is 0.929. The lowest BCUT2D eigenvalue weighted by molar-refractivity contribution is 0.350. The zero-order chi connectivity index (χ0) is 12.7. The van der Waals surface area contributed by atoms with E-state index >= 15 is 0 Å². The summed E-state index contributed by atoms with van der Waals surface area (Å²) in [4.78, 5) is 4.75. The Hall–Kier alpha value is -0.730. The largest absolute Gasteiger partial charge is 0.357 e. The SMILES string of the molecule is CCNC(=NCC1(C)CCCC1)NC(C)CC. The van der Waals surface area contributed by atoms with E-state index in [0.29, 0.717) is 11.5 Å². The molecule has 2 N–H and O–H groups in total. The molecule has 0 spiro atoms. The maximum absolute atomic E-state index is 4.75. The van der Waals surface area contributed by atoms with Crippen LogP contribution in [0.15, 0.2) is 4.99 Å². The first-order valence-electron chi connectivity index (χ1n) is 7.14. The molecule has 0 aromatic heterocycles. The molecular weight excluding hydrogens is 210 g/mol. The molecule has 3 heteroatoms. The summed E-state index contributed by atoms with van der Waals surface area (Å²) in [6.07, 6.45) is 6.54. The van der Waals surface area contributed by atoms with Gasteiger partial charge in [-0.2, -0.15) is 0 Å². The first-order valence-corrected chi connectivity index (χ1v) is 7.14. The molecule has 1 saturated carbocycles. The smallest absolute Gasteiger partial charge is 0.191 e. The number of guanidine groups is 1. The molecule has 1 aliphatic carbocycles. The molecule has 0 aromatic rings. The van der Waals surface area contributed by atoms with E-state index in [4.69, 9.17) is 4.99 Å². The number of hydrogen-bond donors (Lipinski definition) is 2. The van der Waals surface area contributed by atoms with Gasteiger partial charge in [-0.1, -0.05) is 26.7 Å². The van der Waals surface area contributed by atoms with Crippen LogP contribution in [-0.2, 0) is 0 Å². The quantitative estimate of drug-likeness (QED) is 0.572. The molecule has 0 bridgehead atoms. The Balaban J connectivity index is 2.50. The average Bonchev–Trinajstić information content (AvgIpc) is 2.74. The van der Waals surface area contributed by atoms with Crippen molar-refractivity contribution in [3.05, 3.63) is 0 Å². The second-order valence-electron chi connectivity index (χ2n) is 5.67. The van der Waals surface area contributed by atoms with Gasteiger partial charge < -0.3 is 10.6 Å². The van der Waals surface area contributed by atoms with E-state index in [-0.39, 0.29) is 0 Å². The molecule has 1 fully saturated rings. The molecule has 0 radical (unpaired) electrons. The van der Waals surface area contributed by atoms with Gasteiger partial charge in [-0.15, -0.1) is 0 Å². The van der Waals surface area contributed by atoms with Crippen molar-refractivity contribution in [3.8, 4) is 0 Å². The van der Waals surface area contributed by atoms with Crippen LogP contribution in [0.5, 0.6) is 0 Å². The summed E-state index contributed by atoms with van der Waals surface area (Å²) in [5.74, 6) is 0.981. The van der Waals surface area contributed by atoms with E-state index in [0.717, 1.165) is 25.5 Å². The van der Waals surface area contributed by atoms with Crippen LogP contribution in [0.3, 0.4) is 0 Å². The number of aliphatic imine (C=N–C) groups is 1. The number of hydrogen-bond acceptors (Lipinski definition) is 1. The van der Waals surface area contributed by atoms with Crippen molar-refractivity contribution in [3.63, 3.8) is 0 Å². The maximum Gasteiger partial charge on any atom is 0.191 e. The Kier molecular flexibility index (Phi) is 5.79. The second-order valence-corrected chi connectivity index (χ2v) is 5.67. The molecule has 0 heterocycles. The predicted molar refractivity (Wildman–Crippen MR) is 75.4 cm³/mol. The minimum Gasteiger partial charge on any atom is -0.357 e. The highest BCUT2D eigenvalue weighted by Gasteiger charge is 2.28. The zero-order valence-electron chi connectivity index (χ0n) is 12.0. The molecular formula is C14H29N3. The van der Waals surface area contributed by atoms with Gasteiger partial charge >= 0.3 is 0 Å². The van der Waals surface area contributed by atoms with E-state index in [2.05, 4.69) is 38.3 Å². The van der Waals surface area contributed by atoms with Crippen molar-refractivity contribution in [2.24, 2.45) is 10.4 Å². The van der Waals surface area contributed by atoms with Crippen molar-refractivity contribution in [1.29, 1.82) is 0 Å². The van der Waals surface area contributed by atoms with Crippen LogP contribution in [0.25, 0.3) is 0 Å². The zero-order valence-corrected chi connectivity index (χ0v) is 12.0. The van der Waals surface area contributed by atoms with E-state index < -0.39 is 0 Å². The summed E-state index contributed by atoms with van der Waals surface area (Å²) in [5, 5.41) is 6.78. The normalized spacial score (nSPS) is 21.3. The van der Waals surface area contributed by atoms with E-state index in [1.54, 1.807) is 0 Å². The van der Waals surface area contributed by atoms with Crippen LogP contribution in [0, 0.1) is 5.41 Å². The Morgan fingerprint density at radius 3 is 2.47 bits per heavy atom. The van der Waals surface area contributed by atoms with E-state index in [9.17, 15) is 0 Å². The molecule has 17 heavy (non-hydrogen) atoms. The summed E-state index contributed by atoms with van der Waals surface area (Å²) in [6, 6.07) is 0.490. The maximum atomic E-state index is 4.75. The first kappa shape index (κ1) is 14.3. The molecule has 100 valence electrons. The Bertz CT molecular complexity index is 242. The van der Waals surface area contributed by atoms with Gasteiger partial charge in [0.2, 0.25) is 0 Å². The lowest BCUT2D eigenvalue weighted by atomic mass is 9.89. The number of nitrogens with one attached hydrogen (secondary N) is 2. The second kappa shape index (κ2) is 6.87. The fourth-order valence-electron chi connectivity index (χ4n) is 2.31.